The fourth-order valence-electron chi connectivity index (χ4n) is 2.88. The second-order valence-electron chi connectivity index (χ2n) is 5.49. The molecule has 0 unspecified atom stereocenters. The van der Waals surface area contributed by atoms with Crippen molar-refractivity contribution in [1.29, 1.82) is 0 Å². The Hall–Kier alpha value is -2.01. The first kappa shape index (κ1) is 15.4. The first-order valence-corrected chi connectivity index (χ1v) is 7.09. The topological polar surface area (TPSA) is 80.5 Å². The maximum absolute atomic E-state index is 12.5. The molecule has 2 atom stereocenters. The van der Waals surface area contributed by atoms with Crippen LogP contribution in [0, 0.1) is 0 Å². The zero-order chi connectivity index (χ0) is 15.5. The predicted molar refractivity (Wildman–Crippen MR) is 78.5 cm³/mol. The fraction of sp³-hybridized carbons (Fsp3) is 0.438. The van der Waals surface area contributed by atoms with Crippen molar-refractivity contribution in [2.75, 3.05) is 6.54 Å². The van der Waals surface area contributed by atoms with Crippen LogP contribution in [0.15, 0.2) is 30.3 Å². The van der Waals surface area contributed by atoms with Crippen molar-refractivity contribution in [2.45, 2.75) is 37.8 Å². The molecule has 0 radical (unpaired) electrons. The molecule has 0 spiro atoms. The van der Waals surface area contributed by atoms with Gasteiger partial charge in [-0.2, -0.15) is 0 Å². The molecule has 5 nitrogen and oxygen atoms in total. The molecule has 2 rings (SSSR count). The minimum absolute atomic E-state index is 0.296. The van der Waals surface area contributed by atoms with Gasteiger partial charge in [0.1, 0.15) is 0 Å². The smallest absolute Gasteiger partial charge is 0.241 e. The van der Waals surface area contributed by atoms with Gasteiger partial charge in [0, 0.05) is 6.54 Å². The van der Waals surface area contributed by atoms with E-state index in [1.165, 1.54) is 11.8 Å². The third kappa shape index (κ3) is 2.88. The highest BCUT2D eigenvalue weighted by atomic mass is 16.2. The van der Waals surface area contributed by atoms with E-state index in [2.05, 4.69) is 0 Å². The number of hydrogen-bond acceptors (Lipinski definition) is 4. The number of nitrogens with two attached hydrogens (primary N) is 1. The van der Waals surface area contributed by atoms with Gasteiger partial charge in [0.2, 0.25) is 5.91 Å². The van der Waals surface area contributed by atoms with Crippen LogP contribution >= 0.6 is 0 Å². The summed E-state index contributed by atoms with van der Waals surface area (Å²) in [6, 6.07) is 8.71. The SMILES string of the molecule is CC(=O)[C@@]1(C=O)CCCN1C(=O)[C@H](N)Cc1ccccc1. The van der Waals surface area contributed by atoms with Crippen LogP contribution in [-0.4, -0.2) is 41.0 Å². The van der Waals surface area contributed by atoms with Gasteiger partial charge in [-0.15, -0.1) is 0 Å². The van der Waals surface area contributed by atoms with Gasteiger partial charge in [-0.1, -0.05) is 30.3 Å². The summed E-state index contributed by atoms with van der Waals surface area (Å²) in [5.41, 5.74) is 5.63. The van der Waals surface area contributed by atoms with Crippen LogP contribution in [0.2, 0.25) is 0 Å². The Bertz CT molecular complexity index is 544. The summed E-state index contributed by atoms with van der Waals surface area (Å²) >= 11 is 0. The number of aldehydes is 1. The molecule has 5 heteroatoms. The molecule has 1 aromatic rings. The van der Waals surface area contributed by atoms with Gasteiger partial charge in [0.25, 0.3) is 0 Å². The van der Waals surface area contributed by atoms with Gasteiger partial charge < -0.3 is 15.4 Å². The predicted octanol–water partition coefficient (Wildman–Crippen LogP) is 0.706. The van der Waals surface area contributed by atoms with E-state index in [0.29, 0.717) is 32.1 Å². The lowest BCUT2D eigenvalue weighted by atomic mass is 9.92. The van der Waals surface area contributed by atoms with Crippen molar-refractivity contribution in [1.82, 2.24) is 4.90 Å². The summed E-state index contributed by atoms with van der Waals surface area (Å²) < 4.78 is 0. The molecule has 0 bridgehead atoms. The van der Waals surface area contributed by atoms with Crippen LogP contribution in [0.3, 0.4) is 0 Å². The van der Waals surface area contributed by atoms with Crippen LogP contribution in [-0.2, 0) is 20.8 Å². The van der Waals surface area contributed by atoms with Gasteiger partial charge in [0.15, 0.2) is 17.6 Å². The molecule has 21 heavy (non-hydrogen) atoms. The third-order valence-corrected chi connectivity index (χ3v) is 4.11. The number of nitrogens with zero attached hydrogens (tertiary/aromatic N) is 1. The van der Waals surface area contributed by atoms with Gasteiger partial charge in [-0.25, -0.2) is 0 Å². The van der Waals surface area contributed by atoms with Gasteiger partial charge in [-0.05, 0) is 31.7 Å². The quantitative estimate of drug-likeness (QED) is 0.639. The van der Waals surface area contributed by atoms with Crippen LogP contribution in [0.5, 0.6) is 0 Å². The standard InChI is InChI=1S/C16H20N2O3/c1-12(20)16(11-19)8-5-9-18(16)15(21)14(17)10-13-6-3-2-4-7-13/h2-4,6-7,11,14H,5,8-10,17H2,1H3/t14-,16+/m1/s1. The van der Waals surface area contributed by atoms with E-state index in [1.807, 2.05) is 30.3 Å². The highest BCUT2D eigenvalue weighted by molar-refractivity contribution is 6.05. The second-order valence-corrected chi connectivity index (χ2v) is 5.49. The lowest BCUT2D eigenvalue weighted by Gasteiger charge is -2.33. The highest BCUT2D eigenvalue weighted by Gasteiger charge is 2.48. The van der Waals surface area contributed by atoms with Crippen molar-refractivity contribution in [2.24, 2.45) is 5.73 Å². The lowest BCUT2D eigenvalue weighted by molar-refractivity contribution is -0.147. The summed E-state index contributed by atoms with van der Waals surface area (Å²) in [6.45, 7) is 1.75. The van der Waals surface area contributed by atoms with E-state index in [4.69, 9.17) is 5.73 Å². The van der Waals surface area contributed by atoms with E-state index in [-0.39, 0.29) is 11.7 Å². The number of amides is 1. The number of carbonyl (C=O) groups is 3. The maximum atomic E-state index is 12.5. The zero-order valence-electron chi connectivity index (χ0n) is 12.1. The molecular formula is C16H20N2O3. The van der Waals surface area contributed by atoms with Gasteiger partial charge in [0.05, 0.1) is 6.04 Å². The Morgan fingerprint density at radius 1 is 1.38 bits per heavy atom. The molecule has 0 aliphatic carbocycles. The lowest BCUT2D eigenvalue weighted by Crippen LogP contribution is -2.57. The molecule has 1 aromatic carbocycles. The van der Waals surface area contributed by atoms with Crippen molar-refractivity contribution in [3.05, 3.63) is 35.9 Å². The monoisotopic (exact) mass is 288 g/mol. The Balaban J connectivity index is 2.15. The summed E-state index contributed by atoms with van der Waals surface area (Å²) in [5.74, 6) is -0.631. The number of rotatable bonds is 5. The van der Waals surface area contributed by atoms with Gasteiger partial charge in [-0.3, -0.25) is 9.59 Å². The number of Topliss-reactive ketones (excluding diaryl/α,β-unsaturated/α-hetero) is 1. The van der Waals surface area contributed by atoms with Crippen LogP contribution < -0.4 is 5.73 Å². The average Bonchev–Trinajstić information content (AvgIpc) is 2.92. The molecule has 1 amide bonds. The van der Waals surface area contributed by atoms with Crippen molar-refractivity contribution in [3.8, 4) is 0 Å². The molecule has 1 heterocycles. The Morgan fingerprint density at radius 2 is 2.05 bits per heavy atom. The van der Waals surface area contributed by atoms with Crippen LogP contribution in [0.4, 0.5) is 0 Å². The minimum Gasteiger partial charge on any atom is -0.322 e. The van der Waals surface area contributed by atoms with E-state index < -0.39 is 11.6 Å². The molecule has 0 saturated carbocycles. The number of benzene rings is 1. The van der Waals surface area contributed by atoms with Crippen molar-refractivity contribution in [3.63, 3.8) is 0 Å². The van der Waals surface area contributed by atoms with Crippen LogP contribution in [0.1, 0.15) is 25.3 Å². The van der Waals surface area contributed by atoms with Crippen LogP contribution in [0.25, 0.3) is 0 Å². The number of ketones is 1. The van der Waals surface area contributed by atoms with E-state index in [1.54, 1.807) is 0 Å². The fourth-order valence-corrected chi connectivity index (χ4v) is 2.88. The molecule has 0 aromatic heterocycles. The van der Waals surface area contributed by atoms with E-state index >= 15 is 0 Å². The van der Waals surface area contributed by atoms with E-state index in [0.717, 1.165) is 5.56 Å². The van der Waals surface area contributed by atoms with Crippen molar-refractivity contribution < 1.29 is 14.4 Å². The maximum Gasteiger partial charge on any atom is 0.241 e. The first-order chi connectivity index (χ1) is 10.0. The highest BCUT2D eigenvalue weighted by Crippen LogP contribution is 2.29. The first-order valence-electron chi connectivity index (χ1n) is 7.09. The molecule has 1 saturated heterocycles. The molecule has 112 valence electrons. The van der Waals surface area contributed by atoms with Gasteiger partial charge >= 0.3 is 0 Å². The molecule has 2 N–H and O–H groups in total. The largest absolute Gasteiger partial charge is 0.322 e. The summed E-state index contributed by atoms with van der Waals surface area (Å²) in [7, 11) is 0. The molecule has 1 aliphatic heterocycles. The minimum atomic E-state index is -1.31. The zero-order valence-corrected chi connectivity index (χ0v) is 12.1. The third-order valence-electron chi connectivity index (χ3n) is 4.11. The normalized spacial score (nSPS) is 22.9. The second kappa shape index (κ2) is 6.18. The summed E-state index contributed by atoms with van der Waals surface area (Å²) in [5, 5.41) is 0. The van der Waals surface area contributed by atoms with Crippen molar-refractivity contribution >= 4 is 18.0 Å². The molecule has 1 aliphatic rings. The average molecular weight is 288 g/mol. The molecule has 1 fully saturated rings. The Morgan fingerprint density at radius 3 is 2.62 bits per heavy atom. The summed E-state index contributed by atoms with van der Waals surface area (Å²) in [4.78, 5) is 37.1. The number of hydrogen-bond donors (Lipinski definition) is 1. The summed E-state index contributed by atoms with van der Waals surface area (Å²) in [6.07, 6.45) is 2.01. The van der Waals surface area contributed by atoms with E-state index in [9.17, 15) is 14.4 Å². The Labute approximate surface area is 124 Å². The number of likely N-dealkylation sites (tertiary alicyclic amines) is 1. The molecular weight excluding hydrogens is 268 g/mol. The Kier molecular flexibility index (Phi) is 4.53. The number of carbonyl (C=O) groups excluding carboxylic acids is 3.